The number of pyridine rings is 1. The van der Waals surface area contributed by atoms with Gasteiger partial charge in [-0.2, -0.15) is 0 Å². The van der Waals surface area contributed by atoms with Crippen molar-refractivity contribution in [2.24, 2.45) is 0 Å². The number of aromatic nitrogens is 4. The predicted octanol–water partition coefficient (Wildman–Crippen LogP) is 4.15. The van der Waals surface area contributed by atoms with Crippen LogP contribution in [0.15, 0.2) is 72.1 Å². The summed E-state index contributed by atoms with van der Waals surface area (Å²) in [6.45, 7) is 4.11. The van der Waals surface area contributed by atoms with Gasteiger partial charge in [-0.15, -0.1) is 10.2 Å². The van der Waals surface area contributed by atoms with E-state index in [-0.39, 0.29) is 18.5 Å². The minimum Gasteiger partial charge on any atom is -0.454 e. The molecular formula is C27H25ClN6O3S. The fourth-order valence-electron chi connectivity index (χ4n) is 4.54. The number of hydrogen-bond donors (Lipinski definition) is 0. The first-order chi connectivity index (χ1) is 18.6. The van der Waals surface area contributed by atoms with Crippen molar-refractivity contribution in [3.8, 4) is 28.6 Å². The number of hydrogen-bond acceptors (Lipinski definition) is 8. The maximum absolute atomic E-state index is 13.1. The lowest BCUT2D eigenvalue weighted by Crippen LogP contribution is -2.48. The molecule has 9 nitrogen and oxygen atoms in total. The van der Waals surface area contributed by atoms with Gasteiger partial charge in [0.2, 0.25) is 12.7 Å². The molecule has 11 heteroatoms. The van der Waals surface area contributed by atoms with Crippen molar-refractivity contribution in [3.63, 3.8) is 0 Å². The van der Waals surface area contributed by atoms with Crippen molar-refractivity contribution in [2.45, 2.75) is 11.7 Å². The molecule has 2 aliphatic heterocycles. The molecule has 0 bridgehead atoms. The summed E-state index contributed by atoms with van der Waals surface area (Å²) >= 11 is 7.51. The van der Waals surface area contributed by atoms with Gasteiger partial charge in [-0.05, 0) is 54.1 Å². The molecule has 0 N–H and O–H groups in total. The SMILES string of the molecule is O=C(CSc1nnc(-c2ccncc2)n1-c1ccc(Cl)cc1)N1CCN(Cc2ccc3c(c2)OCO3)CC1. The molecule has 0 radical (unpaired) electrons. The van der Waals surface area contributed by atoms with E-state index in [2.05, 4.69) is 26.1 Å². The van der Waals surface area contributed by atoms with E-state index in [1.807, 2.05) is 58.0 Å². The van der Waals surface area contributed by atoms with Gasteiger partial charge in [0.25, 0.3) is 0 Å². The summed E-state index contributed by atoms with van der Waals surface area (Å²) in [5, 5.41) is 10.1. The normalized spacial score (nSPS) is 15.1. The van der Waals surface area contributed by atoms with Crippen LogP contribution in [0, 0.1) is 0 Å². The number of rotatable bonds is 7. The average Bonchev–Trinajstić information content (AvgIpc) is 3.60. The second-order valence-electron chi connectivity index (χ2n) is 8.99. The minimum atomic E-state index is 0.0915. The van der Waals surface area contributed by atoms with Crippen LogP contribution in [0.1, 0.15) is 5.56 Å². The number of thioether (sulfide) groups is 1. The van der Waals surface area contributed by atoms with E-state index in [0.29, 0.717) is 29.1 Å². The van der Waals surface area contributed by atoms with Crippen LogP contribution < -0.4 is 9.47 Å². The van der Waals surface area contributed by atoms with E-state index in [1.54, 1.807) is 12.4 Å². The Labute approximate surface area is 229 Å². The summed E-state index contributed by atoms with van der Waals surface area (Å²) in [5.41, 5.74) is 2.94. The predicted molar refractivity (Wildman–Crippen MR) is 145 cm³/mol. The Morgan fingerprint density at radius 2 is 1.68 bits per heavy atom. The lowest BCUT2D eigenvalue weighted by molar-refractivity contribution is -0.130. The van der Waals surface area contributed by atoms with Gasteiger partial charge in [0, 0.05) is 61.4 Å². The number of carbonyl (C=O) groups is 1. The van der Waals surface area contributed by atoms with E-state index in [9.17, 15) is 4.79 Å². The number of carbonyl (C=O) groups excluding carboxylic acids is 1. The van der Waals surface area contributed by atoms with Crippen molar-refractivity contribution in [1.82, 2.24) is 29.5 Å². The number of amides is 1. The maximum Gasteiger partial charge on any atom is 0.233 e. The topological polar surface area (TPSA) is 85.6 Å². The summed E-state index contributed by atoms with van der Waals surface area (Å²) in [6.07, 6.45) is 3.44. The number of ether oxygens (including phenoxy) is 2. The average molecular weight is 549 g/mol. The van der Waals surface area contributed by atoms with Crippen molar-refractivity contribution < 1.29 is 14.3 Å². The molecule has 0 atom stereocenters. The van der Waals surface area contributed by atoms with Crippen molar-refractivity contribution in [2.75, 3.05) is 38.7 Å². The number of fused-ring (bicyclic) bond motifs is 1. The van der Waals surface area contributed by atoms with E-state index in [4.69, 9.17) is 21.1 Å². The summed E-state index contributed by atoms with van der Waals surface area (Å²) in [6, 6.07) is 17.3. The molecule has 1 fully saturated rings. The first kappa shape index (κ1) is 24.7. The van der Waals surface area contributed by atoms with Gasteiger partial charge in [0.1, 0.15) is 0 Å². The van der Waals surface area contributed by atoms with E-state index in [0.717, 1.165) is 42.4 Å². The highest BCUT2D eigenvalue weighted by Gasteiger charge is 2.24. The highest BCUT2D eigenvalue weighted by atomic mass is 35.5. The smallest absolute Gasteiger partial charge is 0.233 e. The highest BCUT2D eigenvalue weighted by Crippen LogP contribution is 2.33. The maximum atomic E-state index is 13.1. The molecule has 194 valence electrons. The van der Waals surface area contributed by atoms with Crippen LogP contribution in [0.5, 0.6) is 11.5 Å². The molecule has 1 saturated heterocycles. The largest absolute Gasteiger partial charge is 0.454 e. The molecule has 0 saturated carbocycles. The Kier molecular flexibility index (Phi) is 7.17. The monoisotopic (exact) mass is 548 g/mol. The van der Waals surface area contributed by atoms with E-state index in [1.165, 1.54) is 17.3 Å². The zero-order chi connectivity index (χ0) is 25.9. The molecule has 4 aromatic rings. The van der Waals surface area contributed by atoms with Crippen LogP contribution in [0.25, 0.3) is 17.1 Å². The Hall–Kier alpha value is -3.60. The zero-order valence-corrected chi connectivity index (χ0v) is 22.1. The van der Waals surface area contributed by atoms with Gasteiger partial charge in [0.05, 0.1) is 5.75 Å². The second-order valence-corrected chi connectivity index (χ2v) is 10.4. The molecule has 6 rings (SSSR count). The number of benzene rings is 2. The standard InChI is InChI=1S/C27H25ClN6O3S/c28-21-2-4-22(5-3-21)34-26(20-7-9-29-10-8-20)30-31-27(34)38-17-25(35)33-13-11-32(12-14-33)16-19-1-6-23-24(15-19)37-18-36-23/h1-10,15H,11-14,16-18H2. The lowest BCUT2D eigenvalue weighted by Gasteiger charge is -2.34. The summed E-state index contributed by atoms with van der Waals surface area (Å²) in [4.78, 5) is 21.5. The van der Waals surface area contributed by atoms with Crippen molar-refractivity contribution in [1.29, 1.82) is 0 Å². The van der Waals surface area contributed by atoms with Gasteiger partial charge in [-0.25, -0.2) is 0 Å². The van der Waals surface area contributed by atoms with Gasteiger partial charge in [-0.3, -0.25) is 19.2 Å². The van der Waals surface area contributed by atoms with E-state index >= 15 is 0 Å². The third-order valence-electron chi connectivity index (χ3n) is 6.55. The van der Waals surface area contributed by atoms with Crippen LogP contribution in [0.4, 0.5) is 0 Å². The molecule has 2 aromatic carbocycles. The quantitative estimate of drug-likeness (QED) is 0.318. The highest BCUT2D eigenvalue weighted by molar-refractivity contribution is 7.99. The van der Waals surface area contributed by atoms with Crippen molar-refractivity contribution >= 4 is 29.3 Å². The number of piperazine rings is 1. The Morgan fingerprint density at radius 3 is 2.47 bits per heavy atom. The number of nitrogens with zero attached hydrogens (tertiary/aromatic N) is 6. The molecule has 0 spiro atoms. The van der Waals surface area contributed by atoms with Crippen LogP contribution in [0.2, 0.25) is 5.02 Å². The first-order valence-electron chi connectivity index (χ1n) is 12.3. The number of halogens is 1. The first-order valence-corrected chi connectivity index (χ1v) is 13.6. The Bertz CT molecular complexity index is 1420. The molecule has 2 aliphatic rings. The molecule has 0 unspecified atom stereocenters. The second kappa shape index (κ2) is 11.0. The molecule has 4 heterocycles. The third-order valence-corrected chi connectivity index (χ3v) is 7.72. The molecule has 0 aliphatic carbocycles. The van der Waals surface area contributed by atoms with Crippen LogP contribution in [-0.4, -0.2) is 74.2 Å². The Balaban J connectivity index is 1.09. The van der Waals surface area contributed by atoms with Crippen LogP contribution >= 0.6 is 23.4 Å². The fraction of sp³-hybridized carbons (Fsp3) is 0.259. The van der Waals surface area contributed by atoms with Crippen molar-refractivity contribution in [3.05, 3.63) is 77.6 Å². The van der Waals surface area contributed by atoms with Crippen LogP contribution in [0.3, 0.4) is 0 Å². The zero-order valence-electron chi connectivity index (χ0n) is 20.5. The van der Waals surface area contributed by atoms with E-state index < -0.39 is 0 Å². The Morgan fingerprint density at radius 1 is 0.921 bits per heavy atom. The summed E-state index contributed by atoms with van der Waals surface area (Å²) < 4.78 is 12.8. The van der Waals surface area contributed by atoms with Gasteiger partial charge in [-0.1, -0.05) is 29.4 Å². The third kappa shape index (κ3) is 5.33. The fourth-order valence-corrected chi connectivity index (χ4v) is 5.53. The van der Waals surface area contributed by atoms with Gasteiger partial charge >= 0.3 is 0 Å². The summed E-state index contributed by atoms with van der Waals surface area (Å²) in [5.74, 6) is 2.65. The molecule has 38 heavy (non-hydrogen) atoms. The van der Waals surface area contributed by atoms with Crippen LogP contribution in [-0.2, 0) is 11.3 Å². The lowest BCUT2D eigenvalue weighted by atomic mass is 10.1. The molecule has 1 amide bonds. The molecular weight excluding hydrogens is 524 g/mol. The molecule has 2 aromatic heterocycles. The summed E-state index contributed by atoms with van der Waals surface area (Å²) in [7, 11) is 0. The van der Waals surface area contributed by atoms with Gasteiger partial charge < -0.3 is 14.4 Å². The van der Waals surface area contributed by atoms with Gasteiger partial charge in [0.15, 0.2) is 22.5 Å². The minimum absolute atomic E-state index is 0.0915.